The Bertz CT molecular complexity index is 1930. The summed E-state index contributed by atoms with van der Waals surface area (Å²) in [4.78, 5) is 47.6. The highest BCUT2D eigenvalue weighted by Crippen LogP contribution is 2.32. The molecule has 1 amide bonds. The van der Waals surface area contributed by atoms with E-state index in [0.29, 0.717) is 11.3 Å². The molecule has 1 radical (unpaired) electrons. The monoisotopic (exact) mass is 696 g/mol. The van der Waals surface area contributed by atoms with Crippen LogP contribution in [0.25, 0.3) is 5.52 Å². The highest BCUT2D eigenvalue weighted by atomic mass is 35.5. The standard InChI is InChI=1S/C29H22Cl2F4N6O4S/c30-20-14-22-24(42)36-15-18(41(22)23(20)31)12-16-6-7-21(32)19(13-16)25(43)39-8-10-40(11-9-39)27-37-29(38-46-27,17-4-2-1-3-5-17)45-26(44)28(33,34)35/h1-7,13-15,38H,8-12H2,(H,36,42)/q+1. The first-order chi connectivity index (χ1) is 21.9. The Morgan fingerprint density at radius 3 is 2.46 bits per heavy atom. The number of nitrogens with one attached hydrogen (secondary N) is 2. The van der Waals surface area contributed by atoms with Crippen molar-refractivity contribution in [1.82, 2.24) is 28.9 Å². The second-order valence-corrected chi connectivity index (χ2v) is 11.9. The molecule has 10 nitrogen and oxygen atoms in total. The molecule has 1 atom stereocenters. The highest BCUT2D eigenvalue weighted by Gasteiger charge is 2.55. The van der Waals surface area contributed by atoms with E-state index < -0.39 is 35.3 Å². The lowest BCUT2D eigenvalue weighted by Gasteiger charge is -2.30. The maximum absolute atomic E-state index is 14.9. The molecule has 2 aromatic heterocycles. The van der Waals surface area contributed by atoms with Gasteiger partial charge in [0.25, 0.3) is 11.5 Å². The third kappa shape index (κ3) is 6.07. The Labute approximate surface area is 272 Å². The zero-order chi connectivity index (χ0) is 32.8. The Kier molecular flexibility index (Phi) is 8.52. The van der Waals surface area contributed by atoms with Crippen LogP contribution < -0.4 is 15.3 Å². The molecule has 2 aliphatic rings. The summed E-state index contributed by atoms with van der Waals surface area (Å²) >= 11 is 13.3. The fourth-order valence-corrected chi connectivity index (χ4v) is 6.52. The van der Waals surface area contributed by atoms with Gasteiger partial charge in [-0.1, -0.05) is 47.5 Å². The number of halogens is 6. The number of aromatic amines is 1. The van der Waals surface area contributed by atoms with Gasteiger partial charge in [-0.05, 0) is 40.9 Å². The molecule has 0 bridgehead atoms. The summed E-state index contributed by atoms with van der Waals surface area (Å²) in [6, 6.07) is 13.3. The van der Waals surface area contributed by atoms with Crippen LogP contribution in [0.1, 0.15) is 27.2 Å². The van der Waals surface area contributed by atoms with E-state index in [1.54, 1.807) is 23.1 Å². The summed E-state index contributed by atoms with van der Waals surface area (Å²) in [6.07, 6.45) is -3.57. The lowest BCUT2D eigenvalue weighted by atomic mass is 10.0. The van der Waals surface area contributed by atoms with Crippen LogP contribution in [0.3, 0.4) is 0 Å². The molecule has 4 heterocycles. The molecule has 0 saturated carbocycles. The van der Waals surface area contributed by atoms with Crippen molar-refractivity contribution in [3.63, 3.8) is 0 Å². The molecule has 1 unspecified atom stereocenters. The van der Waals surface area contributed by atoms with Crippen molar-refractivity contribution < 1.29 is 31.9 Å². The summed E-state index contributed by atoms with van der Waals surface area (Å²) in [6.45, 7) is 0.753. The average Bonchev–Trinajstić information content (AvgIpc) is 3.61. The summed E-state index contributed by atoms with van der Waals surface area (Å²) < 4.78 is 63.3. The van der Waals surface area contributed by atoms with Crippen molar-refractivity contribution in [2.24, 2.45) is 0 Å². The number of aliphatic imine (C=N–C) groups is 1. The molecule has 1 saturated heterocycles. The van der Waals surface area contributed by atoms with E-state index in [1.165, 1.54) is 51.9 Å². The van der Waals surface area contributed by atoms with Gasteiger partial charge >= 0.3 is 23.2 Å². The molecular weight excluding hydrogens is 675 g/mol. The maximum atomic E-state index is 14.9. The van der Waals surface area contributed by atoms with Crippen LogP contribution in [-0.2, 0) is 21.8 Å². The van der Waals surface area contributed by atoms with Gasteiger partial charge < -0.3 is 14.6 Å². The summed E-state index contributed by atoms with van der Waals surface area (Å²) in [5.74, 6) is -5.79. The highest BCUT2D eigenvalue weighted by molar-refractivity contribution is 8.12. The molecule has 17 heteroatoms. The average molecular weight is 697 g/mol. The summed E-state index contributed by atoms with van der Waals surface area (Å²) in [7, 11) is 0. The topological polar surface area (TPSA) is 113 Å². The molecule has 6 rings (SSSR count). The molecule has 4 aromatic rings. The zero-order valence-corrected chi connectivity index (χ0v) is 25.7. The summed E-state index contributed by atoms with van der Waals surface area (Å²) in [5, 5.41) is 0.600. The minimum absolute atomic E-state index is 0.147. The second kappa shape index (κ2) is 12.3. The number of H-pyrrole nitrogens is 1. The van der Waals surface area contributed by atoms with Crippen LogP contribution >= 0.6 is 35.1 Å². The lowest BCUT2D eigenvalue weighted by Crippen LogP contribution is -2.51. The van der Waals surface area contributed by atoms with Crippen LogP contribution in [0, 0.1) is 5.82 Å². The number of ether oxygens (including phenoxy) is 1. The predicted molar refractivity (Wildman–Crippen MR) is 163 cm³/mol. The number of rotatable bonds is 5. The van der Waals surface area contributed by atoms with E-state index in [-0.39, 0.29) is 64.6 Å². The normalized spacial score (nSPS) is 18.6. The number of nitrogens with zero attached hydrogens (tertiary/aromatic N) is 4. The van der Waals surface area contributed by atoms with Crippen molar-refractivity contribution in [1.29, 1.82) is 0 Å². The number of amides is 1. The third-order valence-electron chi connectivity index (χ3n) is 7.44. The zero-order valence-electron chi connectivity index (χ0n) is 23.4. The number of carbonyl (C=O) groups excluding carboxylic acids is 2. The van der Waals surface area contributed by atoms with Crippen molar-refractivity contribution in [3.8, 4) is 0 Å². The first-order valence-electron chi connectivity index (χ1n) is 13.7. The molecular formula is C29H22Cl2F4N6O4S+. The predicted octanol–water partition coefficient (Wildman–Crippen LogP) is 4.28. The maximum Gasteiger partial charge on any atom is 0.491 e. The fraction of sp³-hybridized carbons (Fsp3) is 0.241. The van der Waals surface area contributed by atoms with E-state index in [1.807, 2.05) is 0 Å². The largest absolute Gasteiger partial charge is 0.491 e. The van der Waals surface area contributed by atoms with Crippen LogP contribution in [-0.4, -0.2) is 68.6 Å². The Hall–Kier alpha value is -4.05. The van der Waals surface area contributed by atoms with Crippen molar-refractivity contribution >= 4 is 57.7 Å². The first kappa shape index (κ1) is 31.9. The van der Waals surface area contributed by atoms with E-state index >= 15 is 0 Å². The van der Waals surface area contributed by atoms with Crippen LogP contribution in [0.2, 0.25) is 10.2 Å². The van der Waals surface area contributed by atoms with Gasteiger partial charge in [-0.3, -0.25) is 14.0 Å². The minimum atomic E-state index is -5.24. The summed E-state index contributed by atoms with van der Waals surface area (Å²) in [5.41, 5.74) is 1.01. The number of benzene rings is 2. The van der Waals surface area contributed by atoms with Gasteiger partial charge in [-0.2, -0.15) is 17.9 Å². The van der Waals surface area contributed by atoms with Gasteiger partial charge in [-0.15, -0.1) is 0 Å². The van der Waals surface area contributed by atoms with Crippen molar-refractivity contribution in [3.05, 3.63) is 110 Å². The van der Waals surface area contributed by atoms with Gasteiger partial charge in [-0.25, -0.2) is 14.1 Å². The smallest absolute Gasteiger partial charge is 0.391 e. The number of esters is 1. The minimum Gasteiger partial charge on any atom is -0.391 e. The fourth-order valence-electron chi connectivity index (χ4n) is 5.16. The SMILES string of the molecule is O=C(c1cc(Cc2c[nH]c(=O)c3cc(Cl)c(Cl)n23)ccc1F)N1CCN(C2=[N+]C(OC(=O)C(F)(F)F)(c3ccccc3)NS2)CC1. The molecule has 2 N–H and O–H groups in total. The van der Waals surface area contributed by atoms with E-state index in [9.17, 15) is 31.9 Å². The van der Waals surface area contributed by atoms with E-state index in [0.717, 1.165) is 11.9 Å². The van der Waals surface area contributed by atoms with E-state index in [2.05, 4.69) is 14.7 Å². The Morgan fingerprint density at radius 2 is 1.76 bits per heavy atom. The quantitative estimate of drug-likeness (QED) is 0.182. The molecule has 239 valence electrons. The van der Waals surface area contributed by atoms with Crippen molar-refractivity contribution in [2.75, 3.05) is 26.2 Å². The third-order valence-corrected chi connectivity index (χ3v) is 9.11. The molecule has 0 spiro atoms. The number of hydrogen-bond acceptors (Lipinski definition) is 8. The van der Waals surface area contributed by atoms with Crippen LogP contribution in [0.4, 0.5) is 17.6 Å². The van der Waals surface area contributed by atoms with Crippen LogP contribution in [0.5, 0.6) is 0 Å². The van der Waals surface area contributed by atoms with Gasteiger partial charge in [0.2, 0.25) is 0 Å². The van der Waals surface area contributed by atoms with Gasteiger partial charge in [0.1, 0.15) is 29.6 Å². The molecule has 0 aliphatic carbocycles. The number of aromatic nitrogens is 2. The Balaban J connectivity index is 1.17. The van der Waals surface area contributed by atoms with E-state index in [4.69, 9.17) is 27.9 Å². The molecule has 1 fully saturated rings. The molecule has 2 aromatic carbocycles. The Morgan fingerprint density at radius 1 is 1.04 bits per heavy atom. The second-order valence-electron chi connectivity index (χ2n) is 10.4. The molecule has 46 heavy (non-hydrogen) atoms. The number of fused-ring (bicyclic) bond motifs is 1. The number of piperazine rings is 1. The number of amidine groups is 1. The van der Waals surface area contributed by atoms with Gasteiger partial charge in [0, 0.05) is 18.3 Å². The number of alkyl halides is 3. The lowest BCUT2D eigenvalue weighted by molar-refractivity contribution is -0.217. The molecule has 2 aliphatic heterocycles. The first-order valence-corrected chi connectivity index (χ1v) is 15.2. The number of carbonyl (C=O) groups is 2. The number of hydrogen-bond donors (Lipinski definition) is 2. The van der Waals surface area contributed by atoms with Crippen molar-refractivity contribution in [2.45, 2.75) is 18.4 Å². The van der Waals surface area contributed by atoms with Gasteiger partial charge in [0.15, 0.2) is 0 Å². The van der Waals surface area contributed by atoms with Gasteiger partial charge in [0.05, 0.1) is 41.2 Å². The van der Waals surface area contributed by atoms with Crippen LogP contribution in [0.15, 0.2) is 65.6 Å².